The molecule has 0 aliphatic rings. The van der Waals surface area contributed by atoms with Crippen molar-refractivity contribution in [1.29, 1.82) is 0 Å². The van der Waals surface area contributed by atoms with Gasteiger partial charge in [0.25, 0.3) is 10.0 Å². The molecule has 0 radical (unpaired) electrons. The minimum Gasteiger partial charge on any atom is -0.497 e. The van der Waals surface area contributed by atoms with Crippen molar-refractivity contribution in [3.8, 4) is 11.5 Å². The molecule has 0 unspecified atom stereocenters. The Hall–Kier alpha value is -4.05. The lowest BCUT2D eigenvalue weighted by atomic mass is 10.1. The Labute approximate surface area is 249 Å². The molecule has 0 saturated heterocycles. The summed E-state index contributed by atoms with van der Waals surface area (Å²) < 4.78 is 39.7. The first-order chi connectivity index (χ1) is 19.8. The molecule has 1 N–H and O–H groups in total. The molecular weight excluding hydrogens is 554 g/mol. The number of sulfonamides is 1. The van der Waals surface area contributed by atoms with Crippen molar-refractivity contribution < 1.29 is 27.5 Å². The Kier molecular flexibility index (Phi) is 10.6. The van der Waals surface area contributed by atoms with Crippen LogP contribution in [0.4, 0.5) is 5.69 Å². The zero-order chi connectivity index (χ0) is 31.1. The number of anilines is 1. The number of hydrogen-bond donors (Lipinski definition) is 1. The molecule has 0 spiro atoms. The molecule has 226 valence electrons. The molecule has 42 heavy (non-hydrogen) atoms. The van der Waals surface area contributed by atoms with E-state index >= 15 is 0 Å². The molecule has 3 rings (SSSR count). The van der Waals surface area contributed by atoms with Crippen LogP contribution in [0.1, 0.15) is 45.2 Å². The fourth-order valence-corrected chi connectivity index (χ4v) is 5.87. The van der Waals surface area contributed by atoms with E-state index in [4.69, 9.17) is 9.47 Å². The molecule has 0 heterocycles. The van der Waals surface area contributed by atoms with E-state index < -0.39 is 34.1 Å². The molecule has 2 amide bonds. The van der Waals surface area contributed by atoms with Crippen LogP contribution >= 0.6 is 0 Å². The van der Waals surface area contributed by atoms with Gasteiger partial charge in [0.1, 0.15) is 24.1 Å². The quantitative estimate of drug-likeness (QED) is 0.318. The van der Waals surface area contributed by atoms with Gasteiger partial charge < -0.3 is 19.7 Å². The van der Waals surface area contributed by atoms with E-state index in [1.165, 1.54) is 24.1 Å². The SMILES string of the molecule is CC[C@@H](C(=O)NC(C)(C)C)N(Cc1cccc(OC)c1)C(=O)CN(c1ccc(OC)cc1)S(=O)(=O)c1ccc(C)cc1. The average molecular weight is 596 g/mol. The molecule has 1 atom stereocenters. The second-order valence-electron chi connectivity index (χ2n) is 11.1. The number of carbonyl (C=O) groups excluding carboxylic acids is 2. The van der Waals surface area contributed by atoms with Crippen molar-refractivity contribution in [1.82, 2.24) is 10.2 Å². The fourth-order valence-electron chi connectivity index (χ4n) is 4.45. The third kappa shape index (κ3) is 8.25. The van der Waals surface area contributed by atoms with E-state index in [1.807, 2.05) is 40.7 Å². The van der Waals surface area contributed by atoms with Crippen LogP contribution in [0.5, 0.6) is 11.5 Å². The molecule has 0 bridgehead atoms. The highest BCUT2D eigenvalue weighted by molar-refractivity contribution is 7.92. The Morgan fingerprint density at radius 2 is 1.52 bits per heavy atom. The van der Waals surface area contributed by atoms with Crippen LogP contribution in [0.2, 0.25) is 0 Å². The zero-order valence-corrected chi connectivity index (χ0v) is 26.2. The minimum atomic E-state index is -4.16. The van der Waals surface area contributed by atoms with E-state index in [0.29, 0.717) is 23.6 Å². The summed E-state index contributed by atoms with van der Waals surface area (Å²) in [4.78, 5) is 29.1. The molecule has 0 aliphatic carbocycles. The van der Waals surface area contributed by atoms with Gasteiger partial charge in [0, 0.05) is 12.1 Å². The minimum absolute atomic E-state index is 0.0496. The van der Waals surface area contributed by atoms with Gasteiger partial charge in [-0.15, -0.1) is 0 Å². The second kappa shape index (κ2) is 13.7. The predicted molar refractivity (Wildman–Crippen MR) is 164 cm³/mol. The van der Waals surface area contributed by atoms with Crippen LogP contribution < -0.4 is 19.1 Å². The van der Waals surface area contributed by atoms with Gasteiger partial charge in [-0.2, -0.15) is 0 Å². The first-order valence-electron chi connectivity index (χ1n) is 13.8. The van der Waals surface area contributed by atoms with Gasteiger partial charge in [-0.1, -0.05) is 36.8 Å². The Morgan fingerprint density at radius 3 is 2.07 bits per heavy atom. The van der Waals surface area contributed by atoms with Crippen LogP contribution in [-0.2, 0) is 26.2 Å². The molecule has 0 aromatic heterocycles. The monoisotopic (exact) mass is 595 g/mol. The van der Waals surface area contributed by atoms with E-state index in [9.17, 15) is 18.0 Å². The maximum absolute atomic E-state index is 14.2. The van der Waals surface area contributed by atoms with E-state index in [1.54, 1.807) is 61.7 Å². The van der Waals surface area contributed by atoms with Crippen molar-refractivity contribution >= 4 is 27.5 Å². The van der Waals surface area contributed by atoms with Crippen LogP contribution in [0.3, 0.4) is 0 Å². The normalized spacial score (nSPS) is 12.3. The van der Waals surface area contributed by atoms with E-state index in [-0.39, 0.29) is 17.3 Å². The molecule has 0 fully saturated rings. The lowest BCUT2D eigenvalue weighted by Crippen LogP contribution is -2.55. The summed E-state index contributed by atoms with van der Waals surface area (Å²) in [6, 6.07) is 19.3. The smallest absolute Gasteiger partial charge is 0.264 e. The maximum Gasteiger partial charge on any atom is 0.264 e. The molecular formula is C32H41N3O6S. The summed E-state index contributed by atoms with van der Waals surface area (Å²) in [7, 11) is -1.09. The first kappa shape index (κ1) is 32.5. The number of carbonyl (C=O) groups is 2. The summed E-state index contributed by atoms with van der Waals surface area (Å²) in [5, 5.41) is 2.97. The molecule has 9 nitrogen and oxygen atoms in total. The fraction of sp³-hybridized carbons (Fsp3) is 0.375. The Bertz CT molecular complexity index is 1470. The van der Waals surface area contributed by atoms with Crippen LogP contribution in [0, 0.1) is 6.92 Å². The van der Waals surface area contributed by atoms with Crippen molar-refractivity contribution in [2.45, 2.75) is 64.1 Å². The molecule has 0 saturated carbocycles. The Morgan fingerprint density at radius 1 is 0.905 bits per heavy atom. The highest BCUT2D eigenvalue weighted by atomic mass is 32.2. The standard InChI is InChI=1S/C32H41N3O6S/c1-8-29(31(37)33-32(3,4)5)34(21-24-10-9-11-27(20-24)41-7)30(36)22-35(25-14-16-26(40-6)17-15-25)42(38,39)28-18-12-23(2)13-19-28/h9-20,29H,8,21-22H2,1-7H3,(H,33,37)/t29-/m0/s1. The third-order valence-electron chi connectivity index (χ3n) is 6.62. The summed E-state index contributed by atoms with van der Waals surface area (Å²) in [5.74, 6) is 0.301. The summed E-state index contributed by atoms with van der Waals surface area (Å²) in [5.41, 5.74) is 1.40. The van der Waals surface area contributed by atoms with Crippen LogP contribution in [-0.4, -0.2) is 57.5 Å². The number of nitrogens with one attached hydrogen (secondary N) is 1. The Balaban J connectivity index is 2.08. The first-order valence-corrected chi connectivity index (χ1v) is 15.2. The van der Waals surface area contributed by atoms with Crippen LogP contribution in [0.15, 0.2) is 77.7 Å². The summed E-state index contributed by atoms with van der Waals surface area (Å²) in [6.45, 7) is 8.84. The lowest BCUT2D eigenvalue weighted by Gasteiger charge is -2.34. The van der Waals surface area contributed by atoms with Gasteiger partial charge in [0.15, 0.2) is 0 Å². The van der Waals surface area contributed by atoms with Gasteiger partial charge in [0.2, 0.25) is 11.8 Å². The number of methoxy groups -OCH3 is 2. The summed E-state index contributed by atoms with van der Waals surface area (Å²) in [6.07, 6.45) is 0.324. The number of benzene rings is 3. The van der Waals surface area contributed by atoms with Crippen molar-refractivity contribution in [2.75, 3.05) is 25.1 Å². The van der Waals surface area contributed by atoms with Gasteiger partial charge in [-0.25, -0.2) is 8.42 Å². The number of amides is 2. The number of hydrogen-bond acceptors (Lipinski definition) is 6. The van der Waals surface area contributed by atoms with Gasteiger partial charge >= 0.3 is 0 Å². The number of nitrogens with zero attached hydrogens (tertiary/aromatic N) is 2. The van der Waals surface area contributed by atoms with Crippen molar-refractivity contribution in [3.05, 3.63) is 83.9 Å². The lowest BCUT2D eigenvalue weighted by molar-refractivity contribution is -0.141. The molecule has 0 aliphatic heterocycles. The maximum atomic E-state index is 14.2. The van der Waals surface area contributed by atoms with Gasteiger partial charge in [0.05, 0.1) is 24.8 Å². The highest BCUT2D eigenvalue weighted by Gasteiger charge is 2.34. The molecule has 10 heteroatoms. The zero-order valence-electron chi connectivity index (χ0n) is 25.4. The third-order valence-corrected chi connectivity index (χ3v) is 8.41. The van der Waals surface area contributed by atoms with Crippen LogP contribution in [0.25, 0.3) is 0 Å². The highest BCUT2D eigenvalue weighted by Crippen LogP contribution is 2.27. The average Bonchev–Trinajstić information content (AvgIpc) is 2.95. The second-order valence-corrected chi connectivity index (χ2v) is 12.9. The predicted octanol–water partition coefficient (Wildman–Crippen LogP) is 4.93. The molecule has 3 aromatic rings. The van der Waals surface area contributed by atoms with E-state index in [0.717, 1.165) is 15.4 Å². The topological polar surface area (TPSA) is 105 Å². The largest absolute Gasteiger partial charge is 0.497 e. The number of aryl methyl sites for hydroxylation is 1. The van der Waals surface area contributed by atoms with Crippen molar-refractivity contribution in [2.24, 2.45) is 0 Å². The van der Waals surface area contributed by atoms with Gasteiger partial charge in [-0.05, 0) is 88.2 Å². The van der Waals surface area contributed by atoms with Gasteiger partial charge in [-0.3, -0.25) is 13.9 Å². The number of ether oxygens (including phenoxy) is 2. The summed E-state index contributed by atoms with van der Waals surface area (Å²) >= 11 is 0. The van der Waals surface area contributed by atoms with E-state index in [2.05, 4.69) is 5.32 Å². The number of rotatable bonds is 12. The molecule has 3 aromatic carbocycles. The van der Waals surface area contributed by atoms with Crippen molar-refractivity contribution in [3.63, 3.8) is 0 Å².